The maximum atomic E-state index is 12.9. The van der Waals surface area contributed by atoms with Gasteiger partial charge < -0.3 is 25.8 Å². The van der Waals surface area contributed by atoms with E-state index >= 15 is 0 Å². The van der Waals surface area contributed by atoms with Crippen molar-refractivity contribution in [1.82, 2.24) is 35.5 Å². The summed E-state index contributed by atoms with van der Waals surface area (Å²) in [5, 5.41) is 8.67. The fourth-order valence-electron chi connectivity index (χ4n) is 3.42. The number of amides is 3. The lowest BCUT2D eigenvalue weighted by Gasteiger charge is -2.20. The number of rotatable bonds is 7. The summed E-state index contributed by atoms with van der Waals surface area (Å²) in [5.41, 5.74) is 1.73. The molecule has 0 aromatic carbocycles. The largest absolute Gasteiger partial charge is 0.348 e. The maximum absolute atomic E-state index is 12.9. The number of aromatic nitrogens is 4. The predicted octanol–water partition coefficient (Wildman–Crippen LogP) is 0.998. The van der Waals surface area contributed by atoms with Crippen molar-refractivity contribution in [2.45, 2.75) is 25.4 Å². The van der Waals surface area contributed by atoms with E-state index in [-0.39, 0.29) is 18.3 Å². The Morgan fingerprint density at radius 2 is 2.12 bits per heavy atom. The third kappa shape index (κ3) is 6.16. The van der Waals surface area contributed by atoms with Crippen LogP contribution >= 0.6 is 22.9 Å². The highest BCUT2D eigenvalue weighted by atomic mass is 35.5. The molecular formula is C21H23ClN8O3S. The number of hydrogen-bond acceptors (Lipinski definition) is 8. The predicted molar refractivity (Wildman–Crippen MR) is 127 cm³/mol. The second-order valence-corrected chi connectivity index (χ2v) is 9.37. The Labute approximate surface area is 204 Å². The van der Waals surface area contributed by atoms with Gasteiger partial charge in [0, 0.05) is 55.4 Å². The van der Waals surface area contributed by atoms with Crippen molar-refractivity contribution in [2.24, 2.45) is 0 Å². The number of carbonyl (C=O) groups excluding carboxylic acids is 3. The average Bonchev–Trinajstić information content (AvgIpc) is 3.48. The van der Waals surface area contributed by atoms with E-state index in [1.165, 1.54) is 29.9 Å². The number of nitrogens with zero attached hydrogens (tertiary/aromatic N) is 4. The van der Waals surface area contributed by atoms with Gasteiger partial charge in [0.15, 0.2) is 5.01 Å². The van der Waals surface area contributed by atoms with Gasteiger partial charge in [0.25, 0.3) is 5.91 Å². The van der Waals surface area contributed by atoms with Gasteiger partial charge in [-0.3, -0.25) is 14.4 Å². The van der Waals surface area contributed by atoms with Crippen LogP contribution in [0.5, 0.6) is 0 Å². The third-order valence-corrected chi connectivity index (χ3v) is 6.46. The second kappa shape index (κ2) is 10.7. The van der Waals surface area contributed by atoms with E-state index < -0.39 is 17.9 Å². The summed E-state index contributed by atoms with van der Waals surface area (Å²) in [6.07, 6.45) is 5.71. The van der Waals surface area contributed by atoms with Crippen molar-refractivity contribution in [3.63, 3.8) is 0 Å². The molecule has 0 saturated heterocycles. The van der Waals surface area contributed by atoms with E-state index in [4.69, 9.17) is 11.6 Å². The third-order valence-electron chi connectivity index (χ3n) is 5.16. The normalized spacial score (nSPS) is 14.2. The minimum Gasteiger partial charge on any atom is -0.348 e. The molecule has 4 N–H and O–H groups in total. The molecule has 1 aliphatic heterocycles. The number of fused-ring (bicyclic) bond motifs is 1. The van der Waals surface area contributed by atoms with E-state index in [9.17, 15) is 14.4 Å². The molecule has 0 spiro atoms. The van der Waals surface area contributed by atoms with Crippen LogP contribution in [0.4, 0.5) is 5.82 Å². The van der Waals surface area contributed by atoms with E-state index in [2.05, 4.69) is 40.8 Å². The molecule has 3 aromatic rings. The molecule has 0 aliphatic carbocycles. The first-order chi connectivity index (χ1) is 16.4. The lowest BCUT2D eigenvalue weighted by molar-refractivity contribution is -0.136. The summed E-state index contributed by atoms with van der Waals surface area (Å²) in [5.74, 6) is -1.85. The first-order valence-corrected chi connectivity index (χ1v) is 11.7. The van der Waals surface area contributed by atoms with Gasteiger partial charge in [-0.1, -0.05) is 11.6 Å². The van der Waals surface area contributed by atoms with Crippen LogP contribution < -0.4 is 16.0 Å². The molecule has 1 atom stereocenters. The van der Waals surface area contributed by atoms with Gasteiger partial charge in [-0.2, -0.15) is 0 Å². The van der Waals surface area contributed by atoms with Crippen LogP contribution in [0.2, 0.25) is 5.02 Å². The van der Waals surface area contributed by atoms with E-state index in [1.807, 2.05) is 7.05 Å². The number of likely N-dealkylation sites (N-methyl/N-ethyl adjacent to an activating group) is 1. The van der Waals surface area contributed by atoms with Crippen LogP contribution in [0.25, 0.3) is 0 Å². The van der Waals surface area contributed by atoms with Gasteiger partial charge in [0.05, 0.1) is 23.1 Å². The summed E-state index contributed by atoms with van der Waals surface area (Å²) >= 11 is 7.15. The zero-order valence-corrected chi connectivity index (χ0v) is 19.9. The number of anilines is 1. The monoisotopic (exact) mass is 502 g/mol. The SMILES string of the molecule is CN1CCc2nc(C(=O)NC(CNC(=O)C(=O)Nc3ccc(Cl)cn3)Cc3cnc[nH]3)sc2C1. The number of halogens is 1. The van der Waals surface area contributed by atoms with Crippen molar-refractivity contribution in [2.75, 3.05) is 25.5 Å². The minimum atomic E-state index is -0.877. The lowest BCUT2D eigenvalue weighted by atomic mass is 10.1. The average molecular weight is 503 g/mol. The highest BCUT2D eigenvalue weighted by Crippen LogP contribution is 2.24. The van der Waals surface area contributed by atoms with E-state index in [0.717, 1.165) is 35.8 Å². The molecule has 13 heteroatoms. The Bertz CT molecular complexity index is 1170. The van der Waals surface area contributed by atoms with Crippen molar-refractivity contribution < 1.29 is 14.4 Å². The Balaban J connectivity index is 1.37. The topological polar surface area (TPSA) is 145 Å². The smallest absolute Gasteiger partial charge is 0.314 e. The fourth-order valence-corrected chi connectivity index (χ4v) is 4.63. The molecule has 0 radical (unpaired) electrons. The molecule has 178 valence electrons. The van der Waals surface area contributed by atoms with Crippen molar-refractivity contribution in [1.29, 1.82) is 0 Å². The Kier molecular flexibility index (Phi) is 7.50. The van der Waals surface area contributed by atoms with Crippen LogP contribution in [-0.4, -0.2) is 68.7 Å². The number of carbonyl (C=O) groups is 3. The zero-order chi connectivity index (χ0) is 24.1. The summed E-state index contributed by atoms with van der Waals surface area (Å²) in [6.45, 7) is 1.70. The number of hydrogen-bond donors (Lipinski definition) is 4. The summed E-state index contributed by atoms with van der Waals surface area (Å²) in [7, 11) is 2.03. The molecule has 0 bridgehead atoms. The van der Waals surface area contributed by atoms with Gasteiger partial charge in [-0.25, -0.2) is 15.0 Å². The molecule has 4 rings (SSSR count). The van der Waals surface area contributed by atoms with Gasteiger partial charge in [0.1, 0.15) is 5.82 Å². The quantitative estimate of drug-likeness (QED) is 0.352. The van der Waals surface area contributed by atoms with Crippen molar-refractivity contribution in [3.8, 4) is 0 Å². The van der Waals surface area contributed by atoms with Gasteiger partial charge >= 0.3 is 11.8 Å². The number of imidazole rings is 1. The maximum Gasteiger partial charge on any atom is 0.314 e. The molecule has 3 aromatic heterocycles. The zero-order valence-electron chi connectivity index (χ0n) is 18.3. The first kappa shape index (κ1) is 23.8. The number of pyridine rings is 1. The van der Waals surface area contributed by atoms with Gasteiger partial charge in [-0.15, -0.1) is 11.3 Å². The highest BCUT2D eigenvalue weighted by Gasteiger charge is 2.24. The van der Waals surface area contributed by atoms with E-state index in [1.54, 1.807) is 12.3 Å². The number of nitrogens with one attached hydrogen (secondary N) is 4. The lowest BCUT2D eigenvalue weighted by Crippen LogP contribution is -2.47. The molecule has 11 nitrogen and oxygen atoms in total. The molecule has 1 unspecified atom stereocenters. The highest BCUT2D eigenvalue weighted by molar-refractivity contribution is 7.13. The minimum absolute atomic E-state index is 0.0267. The van der Waals surface area contributed by atoms with Crippen LogP contribution in [0.1, 0.15) is 26.1 Å². The number of thiazole rings is 1. The van der Waals surface area contributed by atoms with Crippen LogP contribution in [-0.2, 0) is 29.0 Å². The Morgan fingerprint density at radius 1 is 1.26 bits per heavy atom. The molecule has 34 heavy (non-hydrogen) atoms. The summed E-state index contributed by atoms with van der Waals surface area (Å²) in [4.78, 5) is 56.1. The van der Waals surface area contributed by atoms with Crippen LogP contribution in [0, 0.1) is 0 Å². The first-order valence-electron chi connectivity index (χ1n) is 10.5. The fraction of sp³-hybridized carbons (Fsp3) is 0.333. The van der Waals surface area contributed by atoms with Crippen LogP contribution in [0.15, 0.2) is 30.9 Å². The van der Waals surface area contributed by atoms with Crippen LogP contribution in [0.3, 0.4) is 0 Å². The molecular weight excluding hydrogens is 480 g/mol. The summed E-state index contributed by atoms with van der Waals surface area (Å²) < 4.78 is 0. The van der Waals surface area contributed by atoms with Crippen molar-refractivity contribution >= 4 is 46.5 Å². The second-order valence-electron chi connectivity index (χ2n) is 7.85. The number of H-pyrrole nitrogens is 1. The van der Waals surface area contributed by atoms with E-state index in [0.29, 0.717) is 16.5 Å². The standard InChI is InChI=1S/C21H23ClN8O3S/c1-30-5-4-15-16(10-30)34-21(28-15)20(33)27-14(6-13-8-23-11-26-13)9-25-18(31)19(32)29-17-3-2-12(22)7-24-17/h2-3,7-8,11,14H,4-6,9-10H2,1H3,(H,23,26)(H,25,31)(H,27,33)(H,24,29,32). The summed E-state index contributed by atoms with van der Waals surface area (Å²) in [6, 6.07) is 2.54. The molecule has 0 fully saturated rings. The molecule has 1 aliphatic rings. The molecule has 4 heterocycles. The van der Waals surface area contributed by atoms with Gasteiger partial charge in [0.2, 0.25) is 0 Å². The Hall–Kier alpha value is -3.35. The molecule has 0 saturated carbocycles. The van der Waals surface area contributed by atoms with Crippen molar-refractivity contribution in [3.05, 3.63) is 57.1 Å². The Morgan fingerprint density at radius 3 is 2.85 bits per heavy atom. The number of aromatic amines is 1. The molecule has 3 amide bonds. The van der Waals surface area contributed by atoms with Gasteiger partial charge in [-0.05, 0) is 19.2 Å².